The summed E-state index contributed by atoms with van der Waals surface area (Å²) in [5, 5.41) is 106. The van der Waals surface area contributed by atoms with E-state index in [1.54, 1.807) is 37.3 Å². The maximum absolute atomic E-state index is 12.4. The van der Waals surface area contributed by atoms with Crippen LogP contribution in [0.1, 0.15) is 78.1 Å². The van der Waals surface area contributed by atoms with Crippen LogP contribution in [0.25, 0.3) is 0 Å². The van der Waals surface area contributed by atoms with Crippen LogP contribution >= 0.6 is 0 Å². The van der Waals surface area contributed by atoms with E-state index in [2.05, 4.69) is 0 Å². The SMILES string of the molecule is C[C@H]1/C=C/C=C/C=C/C=C/C=C/C=C/C=C/[C@H](O[C@@H]2OC[C@@H](O)[C@H](N)[C@@H]2O)C[C@@H]2O[C@](O)(C[C@@H](O)C[C@@H](O)[C@H](O)CC[C@@H](O)C[C@@H](O)CC(=O)O[C@@H](C)CC1)C[C@H](O)[C@H]2C(=O)O. The Hall–Kier alpha value is -3.40. The number of ether oxygens (including phenoxy) is 4. The molecule has 62 heavy (non-hydrogen) atoms. The molecule has 3 heterocycles. The second kappa shape index (κ2) is 27.0. The number of nitrogens with two attached hydrogens (primary N) is 1. The highest BCUT2D eigenvalue weighted by Gasteiger charge is 2.50. The van der Waals surface area contributed by atoms with E-state index in [1.807, 2.05) is 55.5 Å². The summed E-state index contributed by atoms with van der Waals surface area (Å²) in [5.74, 6) is -5.71. The van der Waals surface area contributed by atoms with Crippen molar-refractivity contribution in [2.24, 2.45) is 17.6 Å². The summed E-state index contributed by atoms with van der Waals surface area (Å²) in [6.07, 6.45) is 8.31. The van der Waals surface area contributed by atoms with Crippen LogP contribution in [-0.2, 0) is 28.5 Å². The molecule has 3 rings (SSSR count). The summed E-state index contributed by atoms with van der Waals surface area (Å²) in [4.78, 5) is 24.8. The zero-order chi connectivity index (χ0) is 45.8. The molecule has 2 fully saturated rings. The maximum Gasteiger partial charge on any atom is 0.311 e. The van der Waals surface area contributed by atoms with Crippen molar-refractivity contribution in [3.63, 3.8) is 0 Å². The number of carboxylic acids is 1. The van der Waals surface area contributed by atoms with Crippen LogP contribution in [0.3, 0.4) is 0 Å². The summed E-state index contributed by atoms with van der Waals surface area (Å²) < 4.78 is 22.8. The van der Waals surface area contributed by atoms with Crippen molar-refractivity contribution >= 4 is 11.9 Å². The molecule has 0 aromatic heterocycles. The van der Waals surface area contributed by atoms with Gasteiger partial charge in [0.1, 0.15) is 12.0 Å². The predicted molar refractivity (Wildman–Crippen MR) is 226 cm³/mol. The van der Waals surface area contributed by atoms with Crippen molar-refractivity contribution in [3.05, 3.63) is 85.1 Å². The number of fused-ring (bicyclic) bond motifs is 2. The van der Waals surface area contributed by atoms with E-state index < -0.39 is 116 Å². The van der Waals surface area contributed by atoms with E-state index in [9.17, 15) is 60.7 Å². The molecule has 0 amide bonds. The lowest BCUT2D eigenvalue weighted by molar-refractivity contribution is -0.305. The van der Waals surface area contributed by atoms with Crippen molar-refractivity contribution in [1.29, 1.82) is 0 Å². The highest BCUT2D eigenvalue weighted by Crippen LogP contribution is 2.38. The molecule has 3 aliphatic heterocycles. The molecule has 0 aliphatic carbocycles. The molecular formula is C45H69NO16. The first kappa shape index (κ1) is 52.9. The fourth-order valence-corrected chi connectivity index (χ4v) is 7.43. The average molecular weight is 880 g/mol. The van der Waals surface area contributed by atoms with Crippen LogP contribution in [0.2, 0.25) is 0 Å². The highest BCUT2D eigenvalue weighted by atomic mass is 16.7. The van der Waals surface area contributed by atoms with Gasteiger partial charge in [-0.25, -0.2) is 0 Å². The number of rotatable bonds is 3. The predicted octanol–water partition coefficient (Wildman–Crippen LogP) is 1.11. The van der Waals surface area contributed by atoms with Gasteiger partial charge in [0, 0.05) is 25.7 Å². The molecule has 2 saturated heterocycles. The first-order valence-corrected chi connectivity index (χ1v) is 21.3. The van der Waals surface area contributed by atoms with Crippen LogP contribution in [0.5, 0.6) is 0 Å². The normalized spacial score (nSPS) is 43.5. The van der Waals surface area contributed by atoms with Crippen molar-refractivity contribution in [3.8, 4) is 0 Å². The molecule has 12 N–H and O–H groups in total. The summed E-state index contributed by atoms with van der Waals surface area (Å²) in [6, 6.07) is -1.11. The largest absolute Gasteiger partial charge is 0.481 e. The van der Waals surface area contributed by atoms with E-state index in [1.165, 1.54) is 6.08 Å². The van der Waals surface area contributed by atoms with E-state index in [-0.39, 0.29) is 50.7 Å². The third kappa shape index (κ3) is 19.1. The summed E-state index contributed by atoms with van der Waals surface area (Å²) >= 11 is 0. The Balaban J connectivity index is 1.82. The summed E-state index contributed by atoms with van der Waals surface area (Å²) in [5.41, 5.74) is 5.93. The fraction of sp³-hybridized carbons (Fsp3) is 0.644. The molecule has 0 unspecified atom stereocenters. The number of carbonyl (C=O) groups excluding carboxylic acids is 1. The molecular weight excluding hydrogens is 810 g/mol. The number of hydrogen-bond donors (Lipinski definition) is 11. The number of aliphatic hydroxyl groups excluding tert-OH is 8. The number of hydrogen-bond acceptors (Lipinski definition) is 16. The molecule has 17 heteroatoms. The molecule has 3 aliphatic rings. The number of carboxylic acid groups (broad SMARTS) is 1. The minimum absolute atomic E-state index is 0.0676. The van der Waals surface area contributed by atoms with Gasteiger partial charge in [0.05, 0.1) is 80.1 Å². The average Bonchev–Trinajstić information content (AvgIpc) is 3.18. The van der Waals surface area contributed by atoms with E-state index in [4.69, 9.17) is 24.7 Å². The molecule has 0 aromatic carbocycles. The van der Waals surface area contributed by atoms with Crippen LogP contribution in [-0.4, -0.2) is 155 Å². The Morgan fingerprint density at radius 2 is 1.29 bits per heavy atom. The third-order valence-corrected chi connectivity index (χ3v) is 10.9. The Bertz CT molecular complexity index is 1560. The van der Waals surface area contributed by atoms with E-state index in [0.717, 1.165) is 6.42 Å². The number of aliphatic hydroxyl groups is 9. The van der Waals surface area contributed by atoms with Gasteiger partial charge in [-0.15, -0.1) is 0 Å². The third-order valence-electron chi connectivity index (χ3n) is 10.9. The number of aliphatic carboxylic acids is 1. The Morgan fingerprint density at radius 1 is 0.694 bits per heavy atom. The lowest BCUT2D eigenvalue weighted by Gasteiger charge is -2.45. The van der Waals surface area contributed by atoms with Crippen molar-refractivity contribution < 1.29 is 79.6 Å². The van der Waals surface area contributed by atoms with Gasteiger partial charge >= 0.3 is 11.9 Å². The van der Waals surface area contributed by atoms with Gasteiger partial charge in [0.15, 0.2) is 12.1 Å². The second-order valence-electron chi connectivity index (χ2n) is 16.6. The Morgan fingerprint density at radius 3 is 1.90 bits per heavy atom. The summed E-state index contributed by atoms with van der Waals surface area (Å²) in [7, 11) is 0. The molecule has 0 spiro atoms. The van der Waals surface area contributed by atoms with Crippen LogP contribution in [0, 0.1) is 11.8 Å². The quantitative estimate of drug-likeness (QED) is 0.177. The van der Waals surface area contributed by atoms with Crippen molar-refractivity contribution in [2.45, 2.75) is 163 Å². The number of allylic oxidation sites excluding steroid dienone is 13. The minimum atomic E-state index is -2.30. The molecule has 2 bridgehead atoms. The summed E-state index contributed by atoms with van der Waals surface area (Å²) in [6.45, 7) is 3.57. The number of cyclic esters (lactones) is 1. The monoisotopic (exact) mass is 879 g/mol. The van der Waals surface area contributed by atoms with Gasteiger partial charge in [0.2, 0.25) is 0 Å². The maximum atomic E-state index is 12.4. The van der Waals surface area contributed by atoms with Crippen molar-refractivity contribution in [2.75, 3.05) is 6.61 Å². The minimum Gasteiger partial charge on any atom is -0.481 e. The lowest BCUT2D eigenvalue weighted by Crippen LogP contribution is -2.59. The Labute approximate surface area is 363 Å². The smallest absolute Gasteiger partial charge is 0.311 e. The van der Waals surface area contributed by atoms with Crippen molar-refractivity contribution in [1.82, 2.24) is 0 Å². The molecule has 350 valence electrons. The van der Waals surface area contributed by atoms with Gasteiger partial charge in [-0.05, 0) is 44.9 Å². The molecule has 0 radical (unpaired) electrons. The van der Waals surface area contributed by atoms with Gasteiger partial charge in [-0.2, -0.15) is 0 Å². The number of carbonyl (C=O) groups is 2. The zero-order valence-electron chi connectivity index (χ0n) is 35.5. The first-order chi connectivity index (χ1) is 29.4. The van der Waals surface area contributed by atoms with Gasteiger partial charge in [-0.1, -0.05) is 92.0 Å². The second-order valence-corrected chi connectivity index (χ2v) is 16.6. The lowest BCUT2D eigenvalue weighted by atomic mass is 9.82. The van der Waals surface area contributed by atoms with Gasteiger partial charge < -0.3 is 75.7 Å². The van der Waals surface area contributed by atoms with Crippen LogP contribution in [0.4, 0.5) is 0 Å². The van der Waals surface area contributed by atoms with Crippen LogP contribution < -0.4 is 5.73 Å². The van der Waals surface area contributed by atoms with E-state index in [0.29, 0.717) is 6.42 Å². The van der Waals surface area contributed by atoms with Gasteiger partial charge in [0.25, 0.3) is 0 Å². The van der Waals surface area contributed by atoms with E-state index >= 15 is 0 Å². The topological polar surface area (TPSA) is 299 Å². The van der Waals surface area contributed by atoms with Gasteiger partial charge in [-0.3, -0.25) is 9.59 Å². The number of esters is 1. The molecule has 17 nitrogen and oxygen atoms in total. The highest BCUT2D eigenvalue weighted by molar-refractivity contribution is 5.71. The molecule has 0 aromatic rings. The van der Waals surface area contributed by atoms with Crippen LogP contribution in [0.15, 0.2) is 85.1 Å². The zero-order valence-corrected chi connectivity index (χ0v) is 35.5. The molecule has 0 saturated carbocycles. The fourth-order valence-electron chi connectivity index (χ4n) is 7.43. The molecule has 16 atom stereocenters. The first-order valence-electron chi connectivity index (χ1n) is 21.3. The Kier molecular flexibility index (Phi) is 23.1. The standard InChI is InChI=1S/C45H69NO16/c1-28-15-13-11-9-7-5-3-4-6-8-10-12-14-16-33(61-44-42(55)41(46)37(53)27-59-44)24-38-40(43(56)57)36(52)26-45(58,62-38)25-32(49)22-35(51)34(50)20-19-30(47)21-31(48)23-39(54)60-29(2)18-17-28/h3-16,28-38,40-42,44,47-53,55,58H,17-27,46H2,1-2H3,(H,56,57)/b4-3+,7-5+,8-6+,11-9+,12-10+,15-13+,16-14+/t28-,29-,30+,31+,32-,33-,34+,35+,36-,37+,38-,40+,41-,42-,44-,45+/m0/s1.